The molecule has 0 saturated carbocycles. The summed E-state index contributed by atoms with van der Waals surface area (Å²) in [6, 6.07) is 7.65. The lowest BCUT2D eigenvalue weighted by Gasteiger charge is -2.12. The van der Waals surface area contributed by atoms with E-state index < -0.39 is 6.11 Å². The maximum atomic E-state index is 12.9. The molecule has 0 aliphatic carbocycles. The molecule has 0 aliphatic rings. The van der Waals surface area contributed by atoms with Gasteiger partial charge in [-0.2, -0.15) is 8.78 Å². The monoisotopic (exact) mass is 267 g/mol. The molecule has 4 nitrogen and oxygen atoms in total. The Kier molecular flexibility index (Phi) is 3.90. The lowest BCUT2D eigenvalue weighted by Crippen LogP contribution is -2.19. The van der Waals surface area contributed by atoms with Gasteiger partial charge in [-0.05, 0) is 19.1 Å². The van der Waals surface area contributed by atoms with E-state index in [9.17, 15) is 8.78 Å². The number of aryl methyl sites for hydroxylation is 1. The zero-order chi connectivity index (χ0) is 13.9. The topological polar surface area (TPSA) is 39.9 Å². The first-order valence-electron chi connectivity index (χ1n) is 6.00. The minimum absolute atomic E-state index is 0.257. The summed E-state index contributed by atoms with van der Waals surface area (Å²) in [7, 11) is 0. The average molecular weight is 267 g/mol. The molecule has 0 radical (unpaired) electrons. The van der Waals surface area contributed by atoms with Crippen LogP contribution in [0.4, 0.5) is 8.78 Å². The first-order chi connectivity index (χ1) is 9.00. The number of benzene rings is 1. The minimum atomic E-state index is -3.12. The Bertz CT molecular complexity index is 537. The Morgan fingerprint density at radius 1 is 1.26 bits per heavy atom. The molecule has 0 N–H and O–H groups in total. The van der Waals surface area contributed by atoms with Gasteiger partial charge in [0.15, 0.2) is 0 Å². The van der Waals surface area contributed by atoms with Gasteiger partial charge < -0.3 is 4.74 Å². The summed E-state index contributed by atoms with van der Waals surface area (Å²) in [5.41, 5.74) is 2.33. The molecule has 2 rings (SSSR count). The Labute approximate surface area is 110 Å². The number of hydrogen-bond acceptors (Lipinski definition) is 3. The number of ether oxygens (including phenoxy) is 1. The molecule has 2 aromatic rings. The molecule has 0 atom stereocenters. The van der Waals surface area contributed by atoms with E-state index in [4.69, 9.17) is 0 Å². The lowest BCUT2D eigenvalue weighted by atomic mass is 10.2. The Hall–Kier alpha value is -1.82. The van der Waals surface area contributed by atoms with E-state index in [1.807, 2.05) is 31.2 Å². The summed E-state index contributed by atoms with van der Waals surface area (Å²) in [5.74, 6) is 0. The Morgan fingerprint density at radius 3 is 2.58 bits per heavy atom. The predicted octanol–water partition coefficient (Wildman–Crippen LogP) is 3.10. The molecule has 0 fully saturated rings. The first-order valence-corrected chi connectivity index (χ1v) is 6.00. The molecule has 0 aliphatic heterocycles. The van der Waals surface area contributed by atoms with Crippen LogP contribution >= 0.6 is 0 Å². The van der Waals surface area contributed by atoms with Gasteiger partial charge >= 0.3 is 6.11 Å². The van der Waals surface area contributed by atoms with E-state index in [2.05, 4.69) is 15.0 Å². The third kappa shape index (κ3) is 3.57. The zero-order valence-corrected chi connectivity index (χ0v) is 10.8. The van der Waals surface area contributed by atoms with Gasteiger partial charge in [-0.3, -0.25) is 0 Å². The summed E-state index contributed by atoms with van der Waals surface area (Å²) < 4.78 is 31.9. The van der Waals surface area contributed by atoms with Crippen LogP contribution in [0.15, 0.2) is 30.5 Å². The van der Waals surface area contributed by atoms with Crippen LogP contribution in [0.5, 0.6) is 0 Å². The molecule has 1 heterocycles. The minimum Gasteiger partial charge on any atom is -0.314 e. The SMILES string of the molecule is CCC(F)(F)OCc1cn(-c2ccc(C)cc2)nn1. The predicted molar refractivity (Wildman–Crippen MR) is 66.1 cm³/mol. The van der Waals surface area contributed by atoms with Crippen LogP contribution < -0.4 is 0 Å². The number of alkyl halides is 2. The molecule has 1 aromatic carbocycles. The second-order valence-electron chi connectivity index (χ2n) is 4.27. The normalized spacial score (nSPS) is 11.8. The summed E-state index contributed by atoms with van der Waals surface area (Å²) in [5, 5.41) is 7.69. The third-order valence-corrected chi connectivity index (χ3v) is 2.68. The standard InChI is InChI=1S/C13H15F2N3O/c1-3-13(14,15)19-9-11-8-18(17-16-11)12-6-4-10(2)5-7-12/h4-8H,3,9H2,1-2H3. The van der Waals surface area contributed by atoms with E-state index in [1.165, 1.54) is 11.6 Å². The van der Waals surface area contributed by atoms with Gasteiger partial charge in [0.1, 0.15) is 5.69 Å². The van der Waals surface area contributed by atoms with E-state index in [0.29, 0.717) is 5.69 Å². The highest BCUT2D eigenvalue weighted by molar-refractivity contribution is 5.33. The van der Waals surface area contributed by atoms with E-state index >= 15 is 0 Å². The molecular weight excluding hydrogens is 252 g/mol. The van der Waals surface area contributed by atoms with Gasteiger partial charge in [0.25, 0.3) is 0 Å². The fourth-order valence-corrected chi connectivity index (χ4v) is 1.47. The highest BCUT2D eigenvalue weighted by atomic mass is 19.3. The van der Waals surface area contributed by atoms with E-state index in [-0.39, 0.29) is 13.0 Å². The van der Waals surface area contributed by atoms with Gasteiger partial charge in [-0.25, -0.2) is 4.68 Å². The van der Waals surface area contributed by atoms with E-state index in [0.717, 1.165) is 11.3 Å². The van der Waals surface area contributed by atoms with Crippen LogP contribution in [-0.2, 0) is 11.3 Å². The van der Waals surface area contributed by atoms with Crippen molar-refractivity contribution in [3.05, 3.63) is 41.7 Å². The summed E-state index contributed by atoms with van der Waals surface area (Å²) >= 11 is 0. The van der Waals surface area contributed by atoms with Crippen LogP contribution in [0, 0.1) is 6.92 Å². The molecule has 0 unspecified atom stereocenters. The smallest absolute Gasteiger partial charge is 0.314 e. The lowest BCUT2D eigenvalue weighted by molar-refractivity contribution is -0.247. The van der Waals surface area contributed by atoms with Gasteiger partial charge in [-0.1, -0.05) is 29.8 Å². The Balaban J connectivity index is 2.05. The van der Waals surface area contributed by atoms with Crippen LogP contribution in [0.3, 0.4) is 0 Å². The molecule has 1 aromatic heterocycles. The maximum Gasteiger partial charge on any atom is 0.355 e. The van der Waals surface area contributed by atoms with Crippen LogP contribution in [-0.4, -0.2) is 21.1 Å². The van der Waals surface area contributed by atoms with Crippen molar-refractivity contribution in [3.63, 3.8) is 0 Å². The van der Waals surface area contributed by atoms with Gasteiger partial charge in [-0.15, -0.1) is 5.10 Å². The third-order valence-electron chi connectivity index (χ3n) is 2.68. The van der Waals surface area contributed by atoms with E-state index in [1.54, 1.807) is 6.20 Å². The zero-order valence-electron chi connectivity index (χ0n) is 10.8. The number of hydrogen-bond donors (Lipinski definition) is 0. The highest BCUT2D eigenvalue weighted by Crippen LogP contribution is 2.20. The quantitative estimate of drug-likeness (QED) is 0.835. The Morgan fingerprint density at radius 2 is 1.95 bits per heavy atom. The number of rotatable bonds is 5. The van der Waals surface area contributed by atoms with Crippen molar-refractivity contribution >= 4 is 0 Å². The highest BCUT2D eigenvalue weighted by Gasteiger charge is 2.27. The van der Waals surface area contributed by atoms with Crippen molar-refractivity contribution in [3.8, 4) is 5.69 Å². The summed E-state index contributed by atoms with van der Waals surface area (Å²) in [6.07, 6.45) is -1.90. The summed E-state index contributed by atoms with van der Waals surface area (Å²) in [6.45, 7) is 3.09. The largest absolute Gasteiger partial charge is 0.355 e. The molecule has 0 amide bonds. The van der Waals surface area contributed by atoms with Crippen molar-refractivity contribution in [2.75, 3.05) is 0 Å². The fraction of sp³-hybridized carbons (Fsp3) is 0.385. The number of halogens is 2. The molecule has 6 heteroatoms. The molecular formula is C13H15F2N3O. The molecule has 102 valence electrons. The molecule has 0 spiro atoms. The van der Waals surface area contributed by atoms with Gasteiger partial charge in [0.2, 0.25) is 0 Å². The van der Waals surface area contributed by atoms with Crippen molar-refractivity contribution in [1.82, 2.24) is 15.0 Å². The average Bonchev–Trinajstić information content (AvgIpc) is 2.86. The van der Waals surface area contributed by atoms with Crippen molar-refractivity contribution < 1.29 is 13.5 Å². The van der Waals surface area contributed by atoms with Crippen molar-refractivity contribution in [2.45, 2.75) is 33.0 Å². The first kappa shape index (κ1) is 13.6. The van der Waals surface area contributed by atoms with Crippen LogP contribution in [0.25, 0.3) is 5.69 Å². The van der Waals surface area contributed by atoms with Gasteiger partial charge in [0.05, 0.1) is 18.5 Å². The molecule has 0 saturated heterocycles. The fourth-order valence-electron chi connectivity index (χ4n) is 1.47. The maximum absolute atomic E-state index is 12.9. The number of aromatic nitrogens is 3. The number of nitrogens with zero attached hydrogens (tertiary/aromatic N) is 3. The summed E-state index contributed by atoms with van der Waals surface area (Å²) in [4.78, 5) is 0. The molecule has 0 bridgehead atoms. The van der Waals surface area contributed by atoms with Crippen LogP contribution in [0.1, 0.15) is 24.6 Å². The second-order valence-corrected chi connectivity index (χ2v) is 4.27. The van der Waals surface area contributed by atoms with Crippen molar-refractivity contribution in [2.24, 2.45) is 0 Å². The van der Waals surface area contributed by atoms with Crippen LogP contribution in [0.2, 0.25) is 0 Å². The van der Waals surface area contributed by atoms with Gasteiger partial charge in [0, 0.05) is 6.42 Å². The molecule has 19 heavy (non-hydrogen) atoms. The van der Waals surface area contributed by atoms with Crippen molar-refractivity contribution in [1.29, 1.82) is 0 Å². The second kappa shape index (κ2) is 5.44.